The second-order valence-electron chi connectivity index (χ2n) is 7.42. The first-order valence-corrected chi connectivity index (χ1v) is 11.0. The van der Waals surface area contributed by atoms with Gasteiger partial charge in [0.1, 0.15) is 5.82 Å². The molecule has 0 unspecified atom stereocenters. The second kappa shape index (κ2) is 6.95. The van der Waals surface area contributed by atoms with E-state index in [0.29, 0.717) is 29.6 Å². The molecule has 1 saturated heterocycles. The molecule has 0 saturated carbocycles. The number of amides is 2. The summed E-state index contributed by atoms with van der Waals surface area (Å²) in [4.78, 5) is 12.8. The number of carbonyl (C=O) groups is 1. The number of hydrogen-bond donors (Lipinski definition) is 1. The van der Waals surface area contributed by atoms with E-state index in [1.54, 1.807) is 41.3 Å². The Morgan fingerprint density at radius 3 is 2.55 bits per heavy atom. The van der Waals surface area contributed by atoms with E-state index in [-0.39, 0.29) is 16.5 Å². The highest BCUT2D eigenvalue weighted by molar-refractivity contribution is 7.90. The molecule has 0 spiro atoms. The second-order valence-corrected chi connectivity index (χ2v) is 9.24. The molecule has 2 amide bonds. The standard InChI is InChI=1S/C21H18FN5O3S/c22-15-6-7-18-19(14-9-24-26(10-14)16-11-25(12-16)21(23)28)13-27(20(18)8-15)31(29,30)17-4-2-1-3-5-17/h1-10,13,16H,11-12H2,(H2,23,28). The van der Waals surface area contributed by atoms with Crippen molar-refractivity contribution in [3.63, 3.8) is 0 Å². The largest absolute Gasteiger partial charge is 0.351 e. The first-order chi connectivity index (χ1) is 14.8. The molecule has 0 bridgehead atoms. The third kappa shape index (κ3) is 3.15. The highest BCUT2D eigenvalue weighted by Gasteiger charge is 2.31. The summed E-state index contributed by atoms with van der Waals surface area (Å²) in [5.74, 6) is -0.529. The van der Waals surface area contributed by atoms with Crippen molar-refractivity contribution in [1.82, 2.24) is 18.7 Å². The van der Waals surface area contributed by atoms with Gasteiger partial charge in [-0.15, -0.1) is 0 Å². The number of urea groups is 1. The van der Waals surface area contributed by atoms with Crippen molar-refractivity contribution in [1.29, 1.82) is 0 Å². The highest BCUT2D eigenvalue weighted by Crippen LogP contribution is 2.34. The quantitative estimate of drug-likeness (QED) is 0.528. The molecule has 5 rings (SSSR count). The predicted octanol–water partition coefficient (Wildman–Crippen LogP) is 2.82. The summed E-state index contributed by atoms with van der Waals surface area (Å²) in [6.45, 7) is 0.928. The number of nitrogens with two attached hydrogens (primary N) is 1. The number of aromatic nitrogens is 3. The molecule has 3 heterocycles. The van der Waals surface area contributed by atoms with Crippen LogP contribution in [-0.2, 0) is 10.0 Å². The van der Waals surface area contributed by atoms with Gasteiger partial charge in [0.15, 0.2) is 0 Å². The van der Waals surface area contributed by atoms with Gasteiger partial charge in [-0.25, -0.2) is 21.6 Å². The Morgan fingerprint density at radius 2 is 1.84 bits per heavy atom. The molecule has 8 nitrogen and oxygen atoms in total. The van der Waals surface area contributed by atoms with Gasteiger partial charge in [0.05, 0.1) is 22.7 Å². The normalized spacial score (nSPS) is 14.7. The highest BCUT2D eigenvalue weighted by atomic mass is 32.2. The maximum Gasteiger partial charge on any atom is 0.314 e. The summed E-state index contributed by atoms with van der Waals surface area (Å²) in [7, 11) is -3.92. The monoisotopic (exact) mass is 439 g/mol. The van der Waals surface area contributed by atoms with Crippen LogP contribution in [0.2, 0.25) is 0 Å². The Bertz CT molecular complexity index is 1410. The van der Waals surface area contributed by atoms with Crippen molar-refractivity contribution in [3.05, 3.63) is 72.9 Å². The summed E-state index contributed by atoms with van der Waals surface area (Å²) in [5.41, 5.74) is 6.82. The van der Waals surface area contributed by atoms with Gasteiger partial charge >= 0.3 is 6.03 Å². The van der Waals surface area contributed by atoms with E-state index in [0.717, 1.165) is 3.97 Å². The van der Waals surface area contributed by atoms with Crippen LogP contribution in [0.25, 0.3) is 22.0 Å². The van der Waals surface area contributed by atoms with Crippen molar-refractivity contribution in [3.8, 4) is 11.1 Å². The minimum atomic E-state index is -3.92. The third-order valence-electron chi connectivity index (χ3n) is 5.49. The molecule has 1 aliphatic rings. The number of halogens is 1. The lowest BCUT2D eigenvalue weighted by Gasteiger charge is -2.37. The number of fused-ring (bicyclic) bond motifs is 1. The predicted molar refractivity (Wildman–Crippen MR) is 112 cm³/mol. The molecular formula is C21H18FN5O3S. The molecule has 10 heteroatoms. The lowest BCUT2D eigenvalue weighted by Crippen LogP contribution is -2.52. The molecule has 31 heavy (non-hydrogen) atoms. The van der Waals surface area contributed by atoms with Gasteiger partial charge in [-0.05, 0) is 30.3 Å². The van der Waals surface area contributed by atoms with Gasteiger partial charge in [0.2, 0.25) is 0 Å². The van der Waals surface area contributed by atoms with Crippen LogP contribution >= 0.6 is 0 Å². The number of primary amides is 1. The van der Waals surface area contributed by atoms with Crippen LogP contribution in [-0.4, -0.2) is 46.2 Å². The Morgan fingerprint density at radius 1 is 1.10 bits per heavy atom. The molecule has 1 aliphatic heterocycles. The first-order valence-electron chi connectivity index (χ1n) is 9.55. The molecule has 0 atom stereocenters. The van der Waals surface area contributed by atoms with Crippen LogP contribution in [0.5, 0.6) is 0 Å². The summed E-state index contributed by atoms with van der Waals surface area (Å²) >= 11 is 0. The molecule has 2 aromatic carbocycles. The zero-order valence-corrected chi connectivity index (χ0v) is 17.0. The maximum atomic E-state index is 14.0. The molecule has 4 aromatic rings. The van der Waals surface area contributed by atoms with Gasteiger partial charge in [0.25, 0.3) is 10.0 Å². The summed E-state index contributed by atoms with van der Waals surface area (Å²) in [5, 5.41) is 4.96. The lowest BCUT2D eigenvalue weighted by atomic mass is 10.1. The van der Waals surface area contributed by atoms with E-state index in [2.05, 4.69) is 5.10 Å². The van der Waals surface area contributed by atoms with E-state index in [4.69, 9.17) is 5.73 Å². The molecule has 158 valence electrons. The number of benzene rings is 2. The Balaban J connectivity index is 1.59. The van der Waals surface area contributed by atoms with Gasteiger partial charge in [-0.1, -0.05) is 18.2 Å². The smallest absolute Gasteiger partial charge is 0.314 e. The van der Waals surface area contributed by atoms with Crippen LogP contribution in [0.4, 0.5) is 9.18 Å². The first kappa shape index (κ1) is 19.3. The van der Waals surface area contributed by atoms with Gasteiger partial charge in [-0.2, -0.15) is 5.10 Å². The minimum Gasteiger partial charge on any atom is -0.351 e. The Labute approximate surface area is 177 Å². The Hall–Kier alpha value is -3.66. The van der Waals surface area contributed by atoms with Crippen molar-refractivity contribution in [2.75, 3.05) is 13.1 Å². The van der Waals surface area contributed by atoms with Crippen LogP contribution in [0.15, 0.2) is 72.0 Å². The van der Waals surface area contributed by atoms with Crippen molar-refractivity contribution in [2.45, 2.75) is 10.9 Å². The molecule has 0 aliphatic carbocycles. The Kier molecular flexibility index (Phi) is 4.33. The number of rotatable bonds is 4. The lowest BCUT2D eigenvalue weighted by molar-refractivity contribution is 0.125. The molecule has 0 radical (unpaired) electrons. The fourth-order valence-electron chi connectivity index (χ4n) is 3.79. The number of carbonyl (C=O) groups excluding carboxylic acids is 1. The zero-order valence-electron chi connectivity index (χ0n) is 16.2. The van der Waals surface area contributed by atoms with E-state index in [1.807, 2.05) is 0 Å². The molecule has 2 N–H and O–H groups in total. The third-order valence-corrected chi connectivity index (χ3v) is 7.18. The topological polar surface area (TPSA) is 103 Å². The molecule has 1 fully saturated rings. The maximum absolute atomic E-state index is 14.0. The number of likely N-dealkylation sites (tertiary alicyclic amines) is 1. The van der Waals surface area contributed by atoms with Crippen LogP contribution in [0, 0.1) is 5.82 Å². The average Bonchev–Trinajstić information content (AvgIpc) is 3.32. The SMILES string of the molecule is NC(=O)N1CC(n2cc(-c3cn(S(=O)(=O)c4ccccc4)c4cc(F)ccc34)cn2)C1. The van der Waals surface area contributed by atoms with Crippen molar-refractivity contribution < 1.29 is 17.6 Å². The average molecular weight is 439 g/mol. The summed E-state index contributed by atoms with van der Waals surface area (Å²) in [6.07, 6.45) is 4.91. The minimum absolute atomic E-state index is 0.0000886. The summed E-state index contributed by atoms with van der Waals surface area (Å²) < 4.78 is 43.3. The van der Waals surface area contributed by atoms with Crippen LogP contribution < -0.4 is 5.73 Å². The van der Waals surface area contributed by atoms with E-state index in [1.165, 1.54) is 35.4 Å². The van der Waals surface area contributed by atoms with E-state index in [9.17, 15) is 17.6 Å². The summed E-state index contributed by atoms with van der Waals surface area (Å²) in [6, 6.07) is 11.6. The van der Waals surface area contributed by atoms with Gasteiger partial charge < -0.3 is 10.6 Å². The van der Waals surface area contributed by atoms with Crippen molar-refractivity contribution >= 4 is 27.0 Å². The van der Waals surface area contributed by atoms with Crippen molar-refractivity contribution in [2.24, 2.45) is 5.73 Å². The van der Waals surface area contributed by atoms with Gasteiger partial charge in [-0.3, -0.25) is 4.68 Å². The zero-order chi connectivity index (χ0) is 21.8. The van der Waals surface area contributed by atoms with Crippen LogP contribution in [0.3, 0.4) is 0 Å². The fourth-order valence-corrected chi connectivity index (χ4v) is 5.17. The number of hydrogen-bond acceptors (Lipinski definition) is 4. The molecule has 2 aromatic heterocycles. The molecular weight excluding hydrogens is 421 g/mol. The van der Waals surface area contributed by atoms with Gasteiger partial charge in [0, 0.05) is 42.0 Å². The van der Waals surface area contributed by atoms with E-state index < -0.39 is 21.9 Å². The fraction of sp³-hybridized carbons (Fsp3) is 0.143. The van der Waals surface area contributed by atoms with E-state index >= 15 is 0 Å². The number of nitrogens with zero attached hydrogens (tertiary/aromatic N) is 4. The van der Waals surface area contributed by atoms with Crippen LogP contribution in [0.1, 0.15) is 6.04 Å².